The SMILES string of the molecule is O=C(CN1C(=O)N[C@@]2(CCOc3ccccc32)C1=O)Nc1cccc(S(=O)(=O)N2CCCC2)c1. The van der Waals surface area contributed by atoms with Crippen LogP contribution in [0.5, 0.6) is 5.75 Å². The van der Waals surface area contributed by atoms with Gasteiger partial charge in [0, 0.05) is 30.8 Å². The van der Waals surface area contributed by atoms with Crippen LogP contribution in [0.2, 0.25) is 0 Å². The van der Waals surface area contributed by atoms with Gasteiger partial charge in [-0.2, -0.15) is 4.31 Å². The molecule has 0 aliphatic carbocycles. The van der Waals surface area contributed by atoms with E-state index in [9.17, 15) is 22.8 Å². The number of carbonyl (C=O) groups excluding carboxylic acids is 3. The summed E-state index contributed by atoms with van der Waals surface area (Å²) in [5.74, 6) is -0.616. The highest BCUT2D eigenvalue weighted by Crippen LogP contribution is 2.40. The minimum Gasteiger partial charge on any atom is -0.493 e. The summed E-state index contributed by atoms with van der Waals surface area (Å²) in [7, 11) is -3.64. The van der Waals surface area contributed by atoms with Gasteiger partial charge >= 0.3 is 6.03 Å². The first-order valence-electron chi connectivity index (χ1n) is 11.1. The van der Waals surface area contributed by atoms with Crippen LogP contribution in [-0.4, -0.2) is 61.7 Å². The molecule has 5 rings (SSSR count). The minimum atomic E-state index is -3.64. The second kappa shape index (κ2) is 8.41. The van der Waals surface area contributed by atoms with Gasteiger partial charge in [-0.3, -0.25) is 14.5 Å². The van der Waals surface area contributed by atoms with Crippen molar-refractivity contribution in [3.8, 4) is 5.75 Å². The second-order valence-corrected chi connectivity index (χ2v) is 10.4. The summed E-state index contributed by atoms with van der Waals surface area (Å²) < 4.78 is 32.6. The van der Waals surface area contributed by atoms with Crippen molar-refractivity contribution in [1.82, 2.24) is 14.5 Å². The zero-order valence-corrected chi connectivity index (χ0v) is 19.1. The van der Waals surface area contributed by atoms with Crippen LogP contribution in [0.4, 0.5) is 10.5 Å². The Hall–Kier alpha value is -3.44. The van der Waals surface area contributed by atoms with Crippen molar-refractivity contribution in [2.75, 3.05) is 31.6 Å². The third kappa shape index (κ3) is 3.70. The Morgan fingerprint density at radius 3 is 2.65 bits per heavy atom. The third-order valence-corrected chi connectivity index (χ3v) is 8.27. The maximum absolute atomic E-state index is 13.3. The topological polar surface area (TPSA) is 125 Å². The molecular formula is C23H24N4O6S. The van der Waals surface area contributed by atoms with Gasteiger partial charge in [-0.1, -0.05) is 24.3 Å². The van der Waals surface area contributed by atoms with E-state index in [1.807, 2.05) is 0 Å². The van der Waals surface area contributed by atoms with Crippen molar-refractivity contribution < 1.29 is 27.5 Å². The fraction of sp³-hybridized carbons (Fsp3) is 0.348. The van der Waals surface area contributed by atoms with Gasteiger partial charge in [-0.25, -0.2) is 13.2 Å². The largest absolute Gasteiger partial charge is 0.493 e. The molecular weight excluding hydrogens is 460 g/mol. The summed E-state index contributed by atoms with van der Waals surface area (Å²) in [4.78, 5) is 39.7. The van der Waals surface area contributed by atoms with E-state index in [-0.39, 0.29) is 23.6 Å². The van der Waals surface area contributed by atoms with Crippen LogP contribution in [0.25, 0.3) is 0 Å². The summed E-state index contributed by atoms with van der Waals surface area (Å²) in [6.07, 6.45) is 1.89. The van der Waals surface area contributed by atoms with Crippen LogP contribution in [-0.2, 0) is 25.2 Å². The number of anilines is 1. The van der Waals surface area contributed by atoms with Gasteiger partial charge in [0.2, 0.25) is 15.9 Å². The lowest BCUT2D eigenvalue weighted by molar-refractivity contribution is -0.135. The number of sulfonamides is 1. The molecule has 3 aliphatic heterocycles. The Labute approximate surface area is 196 Å². The zero-order valence-electron chi connectivity index (χ0n) is 18.3. The Kier molecular flexibility index (Phi) is 5.53. The Morgan fingerprint density at radius 1 is 1.09 bits per heavy atom. The van der Waals surface area contributed by atoms with Crippen molar-refractivity contribution in [3.63, 3.8) is 0 Å². The molecule has 3 aliphatic rings. The lowest BCUT2D eigenvalue weighted by Crippen LogP contribution is -2.48. The summed E-state index contributed by atoms with van der Waals surface area (Å²) in [6.45, 7) is 0.696. The number of hydrogen-bond donors (Lipinski definition) is 2. The van der Waals surface area contributed by atoms with Gasteiger partial charge < -0.3 is 15.4 Å². The molecule has 0 unspecified atom stereocenters. The second-order valence-electron chi connectivity index (χ2n) is 8.51. The molecule has 0 saturated carbocycles. The summed E-state index contributed by atoms with van der Waals surface area (Å²) >= 11 is 0. The number of hydrogen-bond acceptors (Lipinski definition) is 6. The number of para-hydroxylation sites is 1. The monoisotopic (exact) mass is 484 g/mol. The predicted octanol–water partition coefficient (Wildman–Crippen LogP) is 1.64. The Bertz CT molecular complexity index is 1270. The van der Waals surface area contributed by atoms with Crippen LogP contribution in [0.15, 0.2) is 53.4 Å². The van der Waals surface area contributed by atoms with E-state index in [0.717, 1.165) is 17.7 Å². The highest BCUT2D eigenvalue weighted by molar-refractivity contribution is 7.89. The van der Waals surface area contributed by atoms with Gasteiger partial charge in [-0.15, -0.1) is 0 Å². The summed E-state index contributed by atoms with van der Waals surface area (Å²) in [5, 5.41) is 5.35. The average Bonchev–Trinajstić information content (AvgIpc) is 3.45. The molecule has 11 heteroatoms. The lowest BCUT2D eigenvalue weighted by atomic mass is 9.84. The zero-order chi connectivity index (χ0) is 23.9. The van der Waals surface area contributed by atoms with Crippen molar-refractivity contribution in [3.05, 3.63) is 54.1 Å². The van der Waals surface area contributed by atoms with E-state index in [0.29, 0.717) is 24.4 Å². The molecule has 0 aromatic heterocycles. The van der Waals surface area contributed by atoms with E-state index >= 15 is 0 Å². The molecule has 1 atom stereocenters. The van der Waals surface area contributed by atoms with E-state index in [2.05, 4.69) is 10.6 Å². The van der Waals surface area contributed by atoms with Gasteiger partial charge in [0.05, 0.1) is 11.5 Å². The highest BCUT2D eigenvalue weighted by Gasteiger charge is 2.55. The van der Waals surface area contributed by atoms with Crippen molar-refractivity contribution >= 4 is 33.6 Å². The first kappa shape index (κ1) is 22.4. The number of ether oxygens (including phenoxy) is 1. The number of benzene rings is 2. The molecule has 4 amide bonds. The van der Waals surface area contributed by atoms with E-state index in [4.69, 9.17) is 4.74 Å². The molecule has 3 heterocycles. The van der Waals surface area contributed by atoms with E-state index < -0.39 is 40.0 Å². The molecule has 2 N–H and O–H groups in total. The van der Waals surface area contributed by atoms with Gasteiger partial charge in [0.25, 0.3) is 5.91 Å². The maximum Gasteiger partial charge on any atom is 0.325 e. The first-order chi connectivity index (χ1) is 16.3. The molecule has 2 aromatic rings. The van der Waals surface area contributed by atoms with E-state index in [1.165, 1.54) is 16.4 Å². The minimum absolute atomic E-state index is 0.0833. The predicted molar refractivity (Wildman–Crippen MR) is 122 cm³/mol. The molecule has 2 saturated heterocycles. The molecule has 34 heavy (non-hydrogen) atoms. The molecule has 178 valence electrons. The highest BCUT2D eigenvalue weighted by atomic mass is 32.2. The molecule has 2 aromatic carbocycles. The van der Waals surface area contributed by atoms with Crippen LogP contribution in [0.3, 0.4) is 0 Å². The molecule has 0 bridgehead atoms. The Balaban J connectivity index is 1.31. The third-order valence-electron chi connectivity index (χ3n) is 6.38. The summed E-state index contributed by atoms with van der Waals surface area (Å²) in [6, 6.07) is 12.3. The van der Waals surface area contributed by atoms with Gasteiger partial charge in [0.1, 0.15) is 12.3 Å². The van der Waals surface area contributed by atoms with Crippen LogP contribution in [0, 0.1) is 0 Å². The van der Waals surface area contributed by atoms with Gasteiger partial charge in [0.15, 0.2) is 5.54 Å². The number of nitrogens with one attached hydrogen (secondary N) is 2. The lowest BCUT2D eigenvalue weighted by Gasteiger charge is -2.33. The number of fused-ring (bicyclic) bond motifs is 2. The number of nitrogens with zero attached hydrogens (tertiary/aromatic N) is 2. The fourth-order valence-corrected chi connectivity index (χ4v) is 6.23. The number of carbonyl (C=O) groups is 3. The van der Waals surface area contributed by atoms with Crippen molar-refractivity contribution in [1.29, 1.82) is 0 Å². The van der Waals surface area contributed by atoms with Crippen LogP contribution < -0.4 is 15.4 Å². The maximum atomic E-state index is 13.3. The number of urea groups is 1. The molecule has 1 spiro atoms. The fourth-order valence-electron chi connectivity index (χ4n) is 4.67. The quantitative estimate of drug-likeness (QED) is 0.622. The van der Waals surface area contributed by atoms with Crippen molar-refractivity contribution in [2.24, 2.45) is 0 Å². The molecule has 0 radical (unpaired) electrons. The Morgan fingerprint density at radius 2 is 1.85 bits per heavy atom. The van der Waals surface area contributed by atoms with Crippen molar-refractivity contribution in [2.45, 2.75) is 29.7 Å². The average molecular weight is 485 g/mol. The molecule has 10 nitrogen and oxygen atoms in total. The van der Waals surface area contributed by atoms with Crippen LogP contribution >= 0.6 is 0 Å². The normalized spacial score (nSPS) is 22.4. The smallest absolute Gasteiger partial charge is 0.325 e. The molecule has 2 fully saturated rings. The van der Waals surface area contributed by atoms with Gasteiger partial charge in [-0.05, 0) is 37.1 Å². The standard InChI is InChI=1S/C23H24N4O6S/c28-20(24-16-6-5-7-17(14-16)34(31,32)26-11-3-4-12-26)15-27-21(29)23(25-22(27)30)10-13-33-19-9-2-1-8-18(19)23/h1-2,5-9,14H,3-4,10-13,15H2,(H,24,28)(H,25,30)/t23-/m1/s1. The number of rotatable bonds is 5. The summed E-state index contributed by atoms with van der Waals surface area (Å²) in [5.41, 5.74) is -0.443. The first-order valence-corrected chi connectivity index (χ1v) is 12.5. The number of amides is 4. The number of imide groups is 1. The van der Waals surface area contributed by atoms with E-state index in [1.54, 1.807) is 36.4 Å². The van der Waals surface area contributed by atoms with Crippen LogP contribution in [0.1, 0.15) is 24.8 Å².